The van der Waals surface area contributed by atoms with Gasteiger partial charge in [0, 0.05) is 11.1 Å². The molecule has 0 aliphatic carbocycles. The van der Waals surface area contributed by atoms with E-state index >= 15 is 0 Å². The van der Waals surface area contributed by atoms with Gasteiger partial charge in [0.1, 0.15) is 21.5 Å². The van der Waals surface area contributed by atoms with E-state index in [9.17, 15) is 0 Å². The van der Waals surface area contributed by atoms with Crippen molar-refractivity contribution >= 4 is 22.7 Å². The summed E-state index contributed by atoms with van der Waals surface area (Å²) in [5, 5.41) is 21.1. The van der Waals surface area contributed by atoms with E-state index in [0.29, 0.717) is 0 Å². The summed E-state index contributed by atoms with van der Waals surface area (Å²) >= 11 is 3.08. The maximum atomic E-state index is 6.02. The lowest BCUT2D eigenvalue weighted by atomic mass is 10.1. The second-order valence-corrected chi connectivity index (χ2v) is 16.3. The Balaban J connectivity index is 1.07. The first-order valence-corrected chi connectivity index (χ1v) is 22.5. The molecule has 0 radical (unpaired) electrons. The summed E-state index contributed by atoms with van der Waals surface area (Å²) in [4.78, 5) is 0. The van der Waals surface area contributed by atoms with Crippen LogP contribution in [0.1, 0.15) is 168 Å². The number of hydrogen-bond donors (Lipinski definition) is 0. The minimum absolute atomic E-state index is 0.772. The van der Waals surface area contributed by atoms with Gasteiger partial charge in [0.05, 0.1) is 13.2 Å². The molecule has 286 valence electrons. The van der Waals surface area contributed by atoms with Crippen LogP contribution in [0.15, 0.2) is 48.5 Å². The highest BCUT2D eigenvalue weighted by molar-refractivity contribution is 7.24. The van der Waals surface area contributed by atoms with Crippen LogP contribution in [-0.2, 0) is 0 Å². The van der Waals surface area contributed by atoms with Gasteiger partial charge in [-0.05, 0) is 61.4 Å². The van der Waals surface area contributed by atoms with Crippen LogP contribution in [0, 0.1) is 0 Å². The van der Waals surface area contributed by atoms with Gasteiger partial charge < -0.3 is 9.47 Å². The predicted molar refractivity (Wildman–Crippen MR) is 223 cm³/mol. The van der Waals surface area contributed by atoms with Gasteiger partial charge in [0.25, 0.3) is 0 Å². The Bertz CT molecular complexity index is 1330. The molecule has 52 heavy (non-hydrogen) atoms. The van der Waals surface area contributed by atoms with E-state index in [1.54, 1.807) is 22.7 Å². The van der Waals surface area contributed by atoms with Gasteiger partial charge in [-0.25, -0.2) is 0 Å². The number of benzene rings is 2. The number of nitrogens with zero attached hydrogens (tertiary/aromatic N) is 4. The molecule has 8 heteroatoms. The lowest BCUT2D eigenvalue weighted by Crippen LogP contribution is -1.97. The zero-order valence-corrected chi connectivity index (χ0v) is 34.1. The number of hydrogen-bond acceptors (Lipinski definition) is 8. The monoisotopic (exact) mass is 746 g/mol. The van der Waals surface area contributed by atoms with Crippen LogP contribution in [0.5, 0.6) is 11.5 Å². The molecule has 0 aliphatic heterocycles. The molecule has 4 aromatic rings. The molecule has 0 aliphatic rings. The highest BCUT2D eigenvalue weighted by atomic mass is 32.1. The molecule has 0 saturated heterocycles. The number of rotatable bonds is 31. The largest absolute Gasteiger partial charge is 0.494 e. The molecule has 6 nitrogen and oxygen atoms in total. The van der Waals surface area contributed by atoms with Crippen LogP contribution in [0.25, 0.3) is 31.2 Å². The lowest BCUT2D eigenvalue weighted by Gasteiger charge is -2.07. The van der Waals surface area contributed by atoms with Crippen LogP contribution in [0.3, 0.4) is 0 Å². The fraction of sp³-hybridized carbons (Fsp3) is 0.636. The Morgan fingerprint density at radius 1 is 0.346 bits per heavy atom. The third-order valence-corrected chi connectivity index (χ3v) is 11.9. The number of ether oxygens (including phenoxy) is 2. The fourth-order valence-corrected chi connectivity index (χ4v) is 8.21. The van der Waals surface area contributed by atoms with Crippen molar-refractivity contribution in [2.75, 3.05) is 13.2 Å². The van der Waals surface area contributed by atoms with Crippen LogP contribution in [0.4, 0.5) is 0 Å². The van der Waals surface area contributed by atoms with Crippen molar-refractivity contribution in [2.24, 2.45) is 0 Å². The quantitative estimate of drug-likeness (QED) is 0.0478. The molecule has 0 spiro atoms. The van der Waals surface area contributed by atoms with Gasteiger partial charge in [0.2, 0.25) is 0 Å². The van der Waals surface area contributed by atoms with E-state index in [1.807, 2.05) is 24.3 Å². The Morgan fingerprint density at radius 2 is 0.615 bits per heavy atom. The first-order valence-electron chi connectivity index (χ1n) is 20.9. The third-order valence-electron chi connectivity index (χ3n) is 9.77. The molecule has 2 heterocycles. The topological polar surface area (TPSA) is 70.0 Å². The van der Waals surface area contributed by atoms with Gasteiger partial charge in [-0.1, -0.05) is 178 Å². The standard InChI is InChI=1S/C44H66N4O2S2/c1-3-5-7-9-11-13-15-17-19-21-23-25-35-49-39-31-27-37(28-32-39)41-45-47-43(51-41)44-48-46-42(52-44)38-29-33-40(34-30-38)50-36-26-24-22-20-18-16-14-12-10-8-6-4-2/h27-34H,3-26,35-36H2,1-2H3. The predicted octanol–water partition coefficient (Wildman–Crippen LogP) is 14.6. The Labute approximate surface area is 323 Å². The fourth-order valence-electron chi connectivity index (χ4n) is 6.51. The van der Waals surface area contributed by atoms with Crippen molar-refractivity contribution in [1.82, 2.24) is 20.4 Å². The van der Waals surface area contributed by atoms with E-state index in [4.69, 9.17) is 9.47 Å². The maximum absolute atomic E-state index is 6.02. The first kappa shape index (κ1) is 41.9. The average molecular weight is 747 g/mol. The second-order valence-electron chi connectivity index (χ2n) is 14.3. The molecule has 0 unspecified atom stereocenters. The second kappa shape index (κ2) is 26.9. The van der Waals surface area contributed by atoms with Gasteiger partial charge >= 0.3 is 0 Å². The highest BCUT2D eigenvalue weighted by Gasteiger charge is 2.15. The summed E-state index contributed by atoms with van der Waals surface area (Å²) in [5.74, 6) is 1.82. The molecule has 0 amide bonds. The molecular formula is C44H66N4O2S2. The number of aromatic nitrogens is 4. The normalized spacial score (nSPS) is 11.3. The summed E-state index contributed by atoms with van der Waals surface area (Å²) in [6.07, 6.45) is 32.4. The molecule has 0 atom stereocenters. The zero-order valence-electron chi connectivity index (χ0n) is 32.4. The Kier molecular flexibility index (Phi) is 21.6. The molecular weight excluding hydrogens is 681 g/mol. The molecule has 0 saturated carbocycles. The molecule has 0 bridgehead atoms. The van der Waals surface area contributed by atoms with Crippen molar-refractivity contribution in [3.63, 3.8) is 0 Å². The SMILES string of the molecule is CCCCCCCCCCCCCCOc1ccc(-c2nnc(-c3nnc(-c4ccc(OCCCCCCCCCCCCCC)cc4)s3)s2)cc1. The number of unbranched alkanes of at least 4 members (excludes halogenated alkanes) is 22. The maximum Gasteiger partial charge on any atom is 0.178 e. The molecule has 4 rings (SSSR count). The van der Waals surface area contributed by atoms with E-state index in [2.05, 4.69) is 58.5 Å². The van der Waals surface area contributed by atoms with Crippen LogP contribution in [-0.4, -0.2) is 33.6 Å². The summed E-state index contributed by atoms with van der Waals surface area (Å²) in [6.45, 7) is 6.11. The van der Waals surface area contributed by atoms with Crippen molar-refractivity contribution in [2.45, 2.75) is 168 Å². The third kappa shape index (κ3) is 16.9. The summed E-state index contributed by atoms with van der Waals surface area (Å²) in [7, 11) is 0. The lowest BCUT2D eigenvalue weighted by molar-refractivity contribution is 0.304. The average Bonchev–Trinajstić information content (AvgIpc) is 3.87. The van der Waals surface area contributed by atoms with Gasteiger partial charge in [0.15, 0.2) is 10.0 Å². The van der Waals surface area contributed by atoms with Crippen LogP contribution >= 0.6 is 22.7 Å². The molecule has 0 N–H and O–H groups in total. The minimum Gasteiger partial charge on any atom is -0.494 e. The van der Waals surface area contributed by atoms with Crippen molar-refractivity contribution in [3.05, 3.63) is 48.5 Å². The Morgan fingerprint density at radius 3 is 0.923 bits per heavy atom. The van der Waals surface area contributed by atoms with Gasteiger partial charge in [-0.15, -0.1) is 20.4 Å². The summed E-state index contributed by atoms with van der Waals surface area (Å²) in [6, 6.07) is 16.4. The highest BCUT2D eigenvalue weighted by Crippen LogP contribution is 2.35. The molecule has 2 aromatic heterocycles. The smallest absolute Gasteiger partial charge is 0.178 e. The van der Waals surface area contributed by atoms with E-state index in [-0.39, 0.29) is 0 Å². The zero-order chi connectivity index (χ0) is 36.3. The van der Waals surface area contributed by atoms with Crippen molar-refractivity contribution in [1.29, 1.82) is 0 Å². The molecule has 2 aromatic carbocycles. The Hall–Kier alpha value is -2.84. The summed E-state index contributed by atoms with van der Waals surface area (Å²) in [5.41, 5.74) is 2.07. The van der Waals surface area contributed by atoms with E-state index < -0.39 is 0 Å². The van der Waals surface area contributed by atoms with E-state index in [0.717, 1.165) is 68.7 Å². The minimum atomic E-state index is 0.772. The van der Waals surface area contributed by atoms with E-state index in [1.165, 1.54) is 141 Å². The first-order chi connectivity index (χ1) is 25.8. The van der Waals surface area contributed by atoms with Crippen LogP contribution in [0.2, 0.25) is 0 Å². The van der Waals surface area contributed by atoms with Gasteiger partial charge in [-0.3, -0.25) is 0 Å². The van der Waals surface area contributed by atoms with Crippen molar-refractivity contribution in [3.8, 4) is 42.7 Å². The summed E-state index contributed by atoms with van der Waals surface area (Å²) < 4.78 is 12.0. The van der Waals surface area contributed by atoms with Crippen LogP contribution < -0.4 is 9.47 Å². The van der Waals surface area contributed by atoms with Gasteiger partial charge in [-0.2, -0.15) is 0 Å². The van der Waals surface area contributed by atoms with Crippen molar-refractivity contribution < 1.29 is 9.47 Å². The molecule has 0 fully saturated rings.